The highest BCUT2D eigenvalue weighted by Crippen LogP contribution is 2.41. The number of hydrogen-bond acceptors (Lipinski definition) is 4. The fourth-order valence-corrected chi connectivity index (χ4v) is 3.28. The van der Waals surface area contributed by atoms with Crippen molar-refractivity contribution in [1.29, 1.82) is 0 Å². The van der Waals surface area contributed by atoms with Crippen LogP contribution in [0.1, 0.15) is 12.8 Å². The van der Waals surface area contributed by atoms with E-state index in [9.17, 15) is 20.2 Å². The summed E-state index contributed by atoms with van der Waals surface area (Å²) in [6, 6.07) is 0. The molecule has 1 N–H and O–H groups in total. The molecule has 1 saturated heterocycles. The second-order valence-corrected chi connectivity index (χ2v) is 5.42. The smallest absolute Gasteiger partial charge is 0.311 e. The van der Waals surface area contributed by atoms with Gasteiger partial charge >= 0.3 is 5.54 Å². The normalized spacial score (nSPS) is 40.6. The summed E-state index contributed by atoms with van der Waals surface area (Å²) in [7, 11) is 1.73. The number of likely N-dealkylation sites (N-methyl/N-ethyl adjacent to an activating group) is 1. The minimum Gasteiger partial charge on any atom is -0.325 e. The number of nitro groups is 2. The number of nitrogens with one attached hydrogen (secondary N) is 1. The van der Waals surface area contributed by atoms with Gasteiger partial charge in [0.2, 0.25) is 0 Å². The Labute approximate surface area is 102 Å². The van der Waals surface area contributed by atoms with Crippen molar-refractivity contribution in [3.8, 4) is 0 Å². The van der Waals surface area contributed by atoms with Crippen molar-refractivity contribution in [3.63, 3.8) is 0 Å². The molecule has 8 heteroatoms. The van der Waals surface area contributed by atoms with Gasteiger partial charge in [0.1, 0.15) is 13.0 Å². The summed E-state index contributed by atoms with van der Waals surface area (Å²) in [4.78, 5) is 22.4. The van der Waals surface area contributed by atoms with Crippen molar-refractivity contribution in [3.05, 3.63) is 31.3 Å². The van der Waals surface area contributed by atoms with Gasteiger partial charge in [-0.05, 0) is 0 Å². The molecule has 1 aliphatic heterocycles. The number of fused-ring (bicyclic) bond motifs is 2. The molecule has 1 unspecified atom stereocenters. The molecule has 94 valence electrons. The molecule has 0 saturated carbocycles. The number of nitrogens with zero attached hydrogens (tertiary/aromatic N) is 2. The van der Waals surface area contributed by atoms with Crippen LogP contribution < -0.4 is 4.90 Å². The monoisotopic (exact) mass is 262 g/mol. The highest BCUT2D eigenvalue weighted by atomic mass is 35.5. The van der Waals surface area contributed by atoms with E-state index in [1.807, 2.05) is 0 Å². The first-order valence-electron chi connectivity index (χ1n) is 5.29. The van der Waals surface area contributed by atoms with E-state index in [0.29, 0.717) is 6.54 Å². The van der Waals surface area contributed by atoms with E-state index in [0.717, 1.165) is 4.90 Å². The number of likely N-dealkylation sites (tertiary alicyclic amines) is 1. The first kappa shape index (κ1) is 12.3. The molecule has 0 aromatic heterocycles. The van der Waals surface area contributed by atoms with Crippen molar-refractivity contribution < 1.29 is 14.7 Å². The van der Waals surface area contributed by atoms with E-state index in [2.05, 4.69) is 0 Å². The number of rotatable bonds is 2. The van der Waals surface area contributed by atoms with E-state index in [1.165, 1.54) is 6.08 Å². The van der Waals surface area contributed by atoms with Crippen LogP contribution >= 0.6 is 11.6 Å². The van der Waals surface area contributed by atoms with Crippen LogP contribution in [0.15, 0.2) is 11.1 Å². The van der Waals surface area contributed by atoms with Gasteiger partial charge in [0, 0.05) is 16.3 Å². The molecule has 7 nitrogen and oxygen atoms in total. The summed E-state index contributed by atoms with van der Waals surface area (Å²) in [5, 5.41) is 22.6. The fourth-order valence-electron chi connectivity index (χ4n) is 3.00. The largest absolute Gasteiger partial charge is 0.325 e. The summed E-state index contributed by atoms with van der Waals surface area (Å²) in [6.45, 7) is 0.501. The standard InChI is InChI=1S/C9H12ClN3O4/c1-11-5-8(12(14)15)3-2-7(10)9(4-8,6-11)13(16)17/h2H,3-6H2,1H3/p+1/t8-,9+/m1/s1. The maximum atomic E-state index is 11.3. The Morgan fingerprint density at radius 2 is 2.00 bits per heavy atom. The van der Waals surface area contributed by atoms with Crippen LogP contribution in [0.5, 0.6) is 0 Å². The Hall–Kier alpha value is -1.21. The van der Waals surface area contributed by atoms with Crippen LogP contribution in [0.4, 0.5) is 0 Å². The zero-order valence-electron chi connectivity index (χ0n) is 9.31. The molecule has 0 spiro atoms. The van der Waals surface area contributed by atoms with E-state index < -0.39 is 16.0 Å². The molecule has 1 aliphatic carbocycles. The second kappa shape index (κ2) is 3.64. The van der Waals surface area contributed by atoms with Crippen LogP contribution in [0.3, 0.4) is 0 Å². The average Bonchev–Trinajstić information content (AvgIpc) is 2.23. The summed E-state index contributed by atoms with van der Waals surface area (Å²) < 4.78 is 0. The molecule has 0 aromatic rings. The van der Waals surface area contributed by atoms with Crippen LogP contribution in [0.2, 0.25) is 0 Å². The third-order valence-electron chi connectivity index (χ3n) is 3.69. The lowest BCUT2D eigenvalue weighted by molar-refractivity contribution is -0.926. The van der Waals surface area contributed by atoms with Gasteiger partial charge < -0.3 is 4.90 Å². The zero-order valence-corrected chi connectivity index (χ0v) is 10.1. The molecule has 2 aliphatic rings. The Bertz CT molecular complexity index is 426. The van der Waals surface area contributed by atoms with Gasteiger partial charge in [-0.1, -0.05) is 17.7 Å². The topological polar surface area (TPSA) is 90.7 Å². The first-order valence-corrected chi connectivity index (χ1v) is 5.67. The molecule has 0 radical (unpaired) electrons. The first-order chi connectivity index (χ1) is 7.82. The highest BCUT2D eigenvalue weighted by molar-refractivity contribution is 6.30. The number of piperidine rings is 1. The van der Waals surface area contributed by atoms with Crippen molar-refractivity contribution in [2.75, 3.05) is 20.1 Å². The summed E-state index contributed by atoms with van der Waals surface area (Å²) >= 11 is 5.95. The average molecular weight is 263 g/mol. The van der Waals surface area contributed by atoms with Crippen LogP contribution in [0, 0.1) is 20.2 Å². The molecule has 3 atom stereocenters. The van der Waals surface area contributed by atoms with Crippen molar-refractivity contribution in [2.24, 2.45) is 0 Å². The van der Waals surface area contributed by atoms with Gasteiger partial charge in [0.05, 0.1) is 12.1 Å². The van der Waals surface area contributed by atoms with Gasteiger partial charge in [-0.25, -0.2) is 0 Å². The Balaban J connectivity index is 2.52. The summed E-state index contributed by atoms with van der Waals surface area (Å²) in [6.07, 6.45) is 1.52. The van der Waals surface area contributed by atoms with E-state index in [4.69, 9.17) is 11.6 Å². The molecule has 1 fully saturated rings. The Kier molecular flexibility index (Phi) is 2.62. The van der Waals surface area contributed by atoms with Gasteiger partial charge in [0.15, 0.2) is 6.54 Å². The molecule has 2 bridgehead atoms. The minimum absolute atomic E-state index is 0.104. The third kappa shape index (κ3) is 1.61. The van der Waals surface area contributed by atoms with E-state index >= 15 is 0 Å². The zero-order chi connectivity index (χ0) is 12.8. The van der Waals surface area contributed by atoms with Crippen molar-refractivity contribution >= 4 is 11.6 Å². The Morgan fingerprint density at radius 1 is 1.35 bits per heavy atom. The van der Waals surface area contributed by atoms with E-state index in [-0.39, 0.29) is 29.3 Å². The van der Waals surface area contributed by atoms with Gasteiger partial charge in [0.25, 0.3) is 5.54 Å². The minimum atomic E-state index is -1.48. The maximum Gasteiger partial charge on any atom is 0.311 e. The molecule has 0 aromatic carbocycles. The predicted octanol–water partition coefficient (Wildman–Crippen LogP) is -0.538. The molecule has 2 rings (SSSR count). The van der Waals surface area contributed by atoms with Gasteiger partial charge in [-0.15, -0.1) is 0 Å². The fraction of sp³-hybridized carbons (Fsp3) is 0.778. The quantitative estimate of drug-likeness (QED) is 0.535. The second-order valence-electron chi connectivity index (χ2n) is 5.01. The number of quaternary nitrogens is 1. The van der Waals surface area contributed by atoms with Gasteiger partial charge in [-0.3, -0.25) is 20.2 Å². The van der Waals surface area contributed by atoms with Crippen LogP contribution in [0.25, 0.3) is 0 Å². The maximum absolute atomic E-state index is 11.3. The number of halogens is 1. The molecule has 0 amide bonds. The molecule has 17 heavy (non-hydrogen) atoms. The van der Waals surface area contributed by atoms with Crippen LogP contribution in [-0.2, 0) is 0 Å². The molecular weight excluding hydrogens is 250 g/mol. The third-order valence-corrected chi connectivity index (χ3v) is 4.20. The van der Waals surface area contributed by atoms with Crippen molar-refractivity contribution in [2.45, 2.75) is 23.9 Å². The SMILES string of the molecule is C[NH+]1C[C@@]2([N+](=O)[O-])CC=C(Cl)[C@@]([N+](=O)[O-])(C1)C2. The number of hydrogen-bond donors (Lipinski definition) is 1. The summed E-state index contributed by atoms with van der Waals surface area (Å²) in [5.74, 6) is 0. The highest BCUT2D eigenvalue weighted by Gasteiger charge is 2.67. The summed E-state index contributed by atoms with van der Waals surface area (Å²) in [5.41, 5.74) is -2.72. The van der Waals surface area contributed by atoms with E-state index in [1.54, 1.807) is 7.05 Å². The lowest BCUT2D eigenvalue weighted by atomic mass is 9.72. The lowest BCUT2D eigenvalue weighted by Gasteiger charge is -2.41. The Morgan fingerprint density at radius 3 is 2.53 bits per heavy atom. The molecule has 1 heterocycles. The van der Waals surface area contributed by atoms with Crippen molar-refractivity contribution in [1.82, 2.24) is 0 Å². The van der Waals surface area contributed by atoms with Gasteiger partial charge in [-0.2, -0.15) is 0 Å². The lowest BCUT2D eigenvalue weighted by Crippen LogP contribution is -3.15. The molecular formula is C9H13ClN3O4+. The van der Waals surface area contributed by atoms with Crippen LogP contribution in [-0.4, -0.2) is 41.1 Å². The predicted molar refractivity (Wildman–Crippen MR) is 59.2 cm³/mol.